The van der Waals surface area contributed by atoms with Crippen molar-refractivity contribution in [2.45, 2.75) is 38.6 Å². The molecule has 1 amide bonds. The molecule has 0 spiro atoms. The lowest BCUT2D eigenvalue weighted by Crippen LogP contribution is -2.38. The van der Waals surface area contributed by atoms with Crippen LogP contribution in [0.2, 0.25) is 0 Å². The molecule has 0 bridgehead atoms. The molecule has 0 radical (unpaired) electrons. The predicted octanol–water partition coefficient (Wildman–Crippen LogP) is 1.65. The highest BCUT2D eigenvalue weighted by Gasteiger charge is 2.25. The third-order valence-corrected chi connectivity index (χ3v) is 3.82. The van der Waals surface area contributed by atoms with Gasteiger partial charge in [-0.25, -0.2) is 4.98 Å². The van der Waals surface area contributed by atoms with Crippen LogP contribution in [0, 0.1) is 0 Å². The van der Waals surface area contributed by atoms with Crippen LogP contribution in [-0.4, -0.2) is 47.2 Å². The second kappa shape index (κ2) is 6.70. The van der Waals surface area contributed by atoms with Gasteiger partial charge < -0.3 is 14.2 Å². The minimum absolute atomic E-state index is 0.208. The summed E-state index contributed by atoms with van der Waals surface area (Å²) < 4.78 is 7.15. The number of aromatic nitrogens is 2. The van der Waals surface area contributed by atoms with Crippen LogP contribution >= 0.6 is 0 Å². The lowest BCUT2D eigenvalue weighted by Gasteiger charge is -2.32. The van der Waals surface area contributed by atoms with Crippen molar-refractivity contribution in [3.8, 4) is 0 Å². The van der Waals surface area contributed by atoms with E-state index in [1.54, 1.807) is 7.11 Å². The van der Waals surface area contributed by atoms with Crippen molar-refractivity contribution in [3.05, 3.63) is 18.2 Å². The topological polar surface area (TPSA) is 47.4 Å². The number of rotatable bonds is 5. The minimum Gasteiger partial charge on any atom is -0.384 e. The fraction of sp³-hybridized carbons (Fsp3) is 0.714. The van der Waals surface area contributed by atoms with Crippen molar-refractivity contribution < 1.29 is 9.53 Å². The summed E-state index contributed by atoms with van der Waals surface area (Å²) in [6, 6.07) is 0. The number of hydrogen-bond acceptors (Lipinski definition) is 3. The summed E-state index contributed by atoms with van der Waals surface area (Å²) in [6.07, 6.45) is 6.41. The fourth-order valence-electron chi connectivity index (χ4n) is 2.68. The number of carbonyl (C=O) groups excluding carboxylic acids is 1. The maximum absolute atomic E-state index is 11.9. The third-order valence-electron chi connectivity index (χ3n) is 3.82. The van der Waals surface area contributed by atoms with Crippen LogP contribution in [0.4, 0.5) is 0 Å². The van der Waals surface area contributed by atoms with Gasteiger partial charge in [0.2, 0.25) is 5.91 Å². The van der Waals surface area contributed by atoms with E-state index in [9.17, 15) is 4.79 Å². The number of amides is 1. The van der Waals surface area contributed by atoms with Gasteiger partial charge in [-0.05, 0) is 19.8 Å². The van der Waals surface area contributed by atoms with Crippen LogP contribution in [0.25, 0.3) is 0 Å². The van der Waals surface area contributed by atoms with Crippen molar-refractivity contribution in [2.75, 3.05) is 26.8 Å². The molecule has 2 rings (SSSR count). The molecule has 0 saturated carbocycles. The highest BCUT2D eigenvalue weighted by Crippen LogP contribution is 2.27. The normalized spacial score (nSPS) is 16.8. The van der Waals surface area contributed by atoms with E-state index < -0.39 is 0 Å². The van der Waals surface area contributed by atoms with Crippen LogP contribution < -0.4 is 0 Å². The van der Waals surface area contributed by atoms with Gasteiger partial charge in [-0.1, -0.05) is 0 Å². The zero-order valence-electron chi connectivity index (χ0n) is 11.8. The van der Waals surface area contributed by atoms with Gasteiger partial charge in [0.25, 0.3) is 0 Å². The third kappa shape index (κ3) is 3.35. The van der Waals surface area contributed by atoms with Gasteiger partial charge in [0, 0.05) is 45.1 Å². The molecule has 0 N–H and O–H groups in total. The lowest BCUT2D eigenvalue weighted by atomic mass is 9.95. The first-order chi connectivity index (χ1) is 9.26. The predicted molar refractivity (Wildman–Crippen MR) is 72.9 cm³/mol. The Hall–Kier alpha value is -1.36. The molecule has 1 fully saturated rings. The number of hydrogen-bond donors (Lipinski definition) is 0. The Kier molecular flexibility index (Phi) is 4.96. The van der Waals surface area contributed by atoms with E-state index >= 15 is 0 Å². The molecular formula is C14H23N3O2. The summed E-state index contributed by atoms with van der Waals surface area (Å²) >= 11 is 0. The average molecular weight is 265 g/mol. The molecule has 0 aromatic carbocycles. The smallest absolute Gasteiger partial charge is 0.224 e. The van der Waals surface area contributed by atoms with Crippen LogP contribution in [0.1, 0.15) is 37.9 Å². The van der Waals surface area contributed by atoms with Crippen LogP contribution in [0.5, 0.6) is 0 Å². The molecule has 19 heavy (non-hydrogen) atoms. The number of imidazole rings is 1. The van der Waals surface area contributed by atoms with Gasteiger partial charge in [0.15, 0.2) is 0 Å². The van der Waals surface area contributed by atoms with Gasteiger partial charge in [-0.3, -0.25) is 4.79 Å². The maximum Gasteiger partial charge on any atom is 0.224 e. The van der Waals surface area contributed by atoms with Crippen molar-refractivity contribution >= 4 is 5.91 Å². The summed E-state index contributed by atoms with van der Waals surface area (Å²) in [6.45, 7) is 5.28. The zero-order chi connectivity index (χ0) is 13.7. The maximum atomic E-state index is 11.9. The molecule has 1 aromatic rings. The number of ether oxygens (including phenoxy) is 1. The molecular weight excluding hydrogens is 242 g/mol. The molecule has 1 aliphatic heterocycles. The summed E-state index contributed by atoms with van der Waals surface area (Å²) in [5.41, 5.74) is 0. The van der Waals surface area contributed by atoms with E-state index in [-0.39, 0.29) is 5.91 Å². The Labute approximate surface area is 114 Å². The largest absolute Gasteiger partial charge is 0.384 e. The first-order valence-corrected chi connectivity index (χ1v) is 7.04. The van der Waals surface area contributed by atoms with Crippen molar-refractivity contribution in [1.29, 1.82) is 0 Å². The van der Waals surface area contributed by atoms with Gasteiger partial charge >= 0.3 is 0 Å². The monoisotopic (exact) mass is 265 g/mol. The molecule has 106 valence electrons. The average Bonchev–Trinajstić information content (AvgIpc) is 2.93. The van der Waals surface area contributed by atoms with Crippen molar-refractivity contribution in [3.63, 3.8) is 0 Å². The summed E-state index contributed by atoms with van der Waals surface area (Å²) in [4.78, 5) is 18.3. The molecule has 2 heterocycles. The number of nitrogens with zero attached hydrogens (tertiary/aromatic N) is 3. The van der Waals surface area contributed by atoms with E-state index in [0.717, 1.165) is 32.5 Å². The van der Waals surface area contributed by atoms with Crippen LogP contribution in [0.15, 0.2) is 12.4 Å². The van der Waals surface area contributed by atoms with Gasteiger partial charge in [-0.2, -0.15) is 0 Å². The lowest BCUT2D eigenvalue weighted by molar-refractivity contribution is -0.133. The highest BCUT2D eigenvalue weighted by molar-refractivity contribution is 5.76. The molecule has 0 aliphatic carbocycles. The van der Waals surface area contributed by atoms with E-state index in [1.807, 2.05) is 17.3 Å². The van der Waals surface area contributed by atoms with E-state index in [4.69, 9.17) is 4.74 Å². The fourth-order valence-corrected chi connectivity index (χ4v) is 2.68. The second-order valence-corrected chi connectivity index (χ2v) is 4.97. The second-order valence-electron chi connectivity index (χ2n) is 4.97. The standard InChI is InChI=1S/C14H23N3O2/c1-3-16-10-7-15-14(16)12-4-8-17(9-5-12)13(18)6-11-19-2/h7,10,12H,3-6,8-9,11H2,1-2H3. The Balaban J connectivity index is 1.87. The van der Waals surface area contributed by atoms with Crippen LogP contribution in [-0.2, 0) is 16.1 Å². The van der Waals surface area contributed by atoms with Gasteiger partial charge in [-0.15, -0.1) is 0 Å². The van der Waals surface area contributed by atoms with E-state index in [0.29, 0.717) is 18.9 Å². The van der Waals surface area contributed by atoms with Gasteiger partial charge in [0.05, 0.1) is 13.0 Å². The molecule has 0 atom stereocenters. The van der Waals surface area contributed by atoms with Crippen molar-refractivity contribution in [1.82, 2.24) is 14.5 Å². The number of piperidine rings is 1. The van der Waals surface area contributed by atoms with Crippen molar-refractivity contribution in [2.24, 2.45) is 0 Å². The Morgan fingerprint density at radius 1 is 1.47 bits per heavy atom. The van der Waals surface area contributed by atoms with E-state index in [2.05, 4.69) is 16.5 Å². The number of likely N-dealkylation sites (tertiary alicyclic amines) is 1. The summed E-state index contributed by atoms with van der Waals surface area (Å²) in [5, 5.41) is 0. The van der Waals surface area contributed by atoms with Gasteiger partial charge in [0.1, 0.15) is 5.82 Å². The first-order valence-electron chi connectivity index (χ1n) is 7.04. The minimum atomic E-state index is 0.208. The molecule has 5 heteroatoms. The van der Waals surface area contributed by atoms with E-state index in [1.165, 1.54) is 5.82 Å². The summed E-state index contributed by atoms with van der Waals surface area (Å²) in [7, 11) is 1.63. The molecule has 1 aliphatic rings. The Morgan fingerprint density at radius 3 is 2.84 bits per heavy atom. The number of carbonyl (C=O) groups is 1. The number of aryl methyl sites for hydroxylation is 1. The molecule has 0 unspecified atom stereocenters. The molecule has 1 saturated heterocycles. The quantitative estimate of drug-likeness (QED) is 0.813. The summed E-state index contributed by atoms with van der Waals surface area (Å²) in [5.74, 6) is 1.87. The molecule has 1 aromatic heterocycles. The zero-order valence-corrected chi connectivity index (χ0v) is 11.8. The highest BCUT2D eigenvalue weighted by atomic mass is 16.5. The Morgan fingerprint density at radius 2 is 2.21 bits per heavy atom. The SMILES string of the molecule is CCn1ccnc1C1CCN(C(=O)CCOC)CC1. The molecule has 5 nitrogen and oxygen atoms in total. The first kappa shape index (κ1) is 14.1. The van der Waals surface area contributed by atoms with Crippen LogP contribution in [0.3, 0.4) is 0 Å². The number of methoxy groups -OCH3 is 1. The Bertz CT molecular complexity index is 409.